The molecule has 1 fully saturated rings. The molecule has 1 N–H and O–H groups in total. The summed E-state index contributed by atoms with van der Waals surface area (Å²) in [6, 6.07) is 7.63. The third kappa shape index (κ3) is 4.58. The number of morpholine rings is 1. The predicted octanol–water partition coefficient (Wildman–Crippen LogP) is 3.98. The van der Waals surface area contributed by atoms with Gasteiger partial charge in [-0.15, -0.1) is 0 Å². The molecule has 37 heavy (non-hydrogen) atoms. The summed E-state index contributed by atoms with van der Waals surface area (Å²) < 4.78 is 57.7. The quantitative estimate of drug-likeness (QED) is 0.331. The van der Waals surface area contributed by atoms with E-state index in [1.807, 2.05) is 12.1 Å². The zero-order chi connectivity index (χ0) is 25.4. The Kier molecular flexibility index (Phi) is 6.35. The second-order valence-electron chi connectivity index (χ2n) is 8.83. The number of anilines is 1. The molecule has 0 bridgehead atoms. The Balaban J connectivity index is 1.31. The number of fused-ring (bicyclic) bond motifs is 4. The first kappa shape index (κ1) is 23.6. The number of nitrogens with one attached hydrogen (secondary N) is 1. The molecular formula is C25H23F3N6O3. The largest absolute Gasteiger partial charge is 0.492 e. The maximum absolute atomic E-state index is 14.2. The minimum absolute atomic E-state index is 0.0346. The average Bonchev–Trinajstić information content (AvgIpc) is 3.50. The van der Waals surface area contributed by atoms with Crippen LogP contribution in [0.5, 0.6) is 5.75 Å². The van der Waals surface area contributed by atoms with Crippen molar-refractivity contribution in [1.82, 2.24) is 25.2 Å². The number of ether oxygens (including phenoxy) is 2. The van der Waals surface area contributed by atoms with Crippen molar-refractivity contribution in [1.29, 1.82) is 0 Å². The summed E-state index contributed by atoms with van der Waals surface area (Å²) in [7, 11) is 0. The maximum Gasteiger partial charge on any atom is 0.268 e. The Bertz CT molecular complexity index is 1440. The van der Waals surface area contributed by atoms with E-state index < -0.39 is 17.8 Å². The molecule has 4 aromatic rings. The van der Waals surface area contributed by atoms with Gasteiger partial charge in [0.05, 0.1) is 30.2 Å². The predicted molar refractivity (Wildman–Crippen MR) is 127 cm³/mol. The third-order valence-electron chi connectivity index (χ3n) is 6.67. The number of rotatable bonds is 8. The van der Waals surface area contributed by atoms with Crippen LogP contribution in [0.4, 0.5) is 18.9 Å². The molecule has 2 aromatic carbocycles. The van der Waals surface area contributed by atoms with Crippen molar-refractivity contribution in [2.75, 3.05) is 44.8 Å². The van der Waals surface area contributed by atoms with Gasteiger partial charge in [0, 0.05) is 49.4 Å². The molecule has 9 nitrogen and oxygen atoms in total. The first-order chi connectivity index (χ1) is 18.1. The number of hydrogen-bond donors (Lipinski definition) is 1. The van der Waals surface area contributed by atoms with Crippen LogP contribution in [0.3, 0.4) is 0 Å². The minimum Gasteiger partial charge on any atom is -0.492 e. The third-order valence-corrected chi connectivity index (χ3v) is 6.67. The first-order valence-corrected chi connectivity index (χ1v) is 12.0. The Morgan fingerprint density at radius 3 is 2.68 bits per heavy atom. The second-order valence-corrected chi connectivity index (χ2v) is 8.83. The van der Waals surface area contributed by atoms with Crippen molar-refractivity contribution >= 4 is 17.0 Å². The molecule has 1 aliphatic heterocycles. The van der Waals surface area contributed by atoms with Crippen LogP contribution in [0.2, 0.25) is 0 Å². The van der Waals surface area contributed by atoms with Crippen LogP contribution in [0.1, 0.15) is 28.8 Å². The Morgan fingerprint density at radius 2 is 1.86 bits per heavy atom. The first-order valence-electron chi connectivity index (χ1n) is 12.0. The highest BCUT2D eigenvalue weighted by atomic mass is 19.3. The molecule has 0 spiro atoms. The van der Waals surface area contributed by atoms with Crippen molar-refractivity contribution in [3.63, 3.8) is 0 Å². The van der Waals surface area contributed by atoms with Crippen LogP contribution in [0.15, 0.2) is 35.0 Å². The molecule has 12 heteroatoms. The van der Waals surface area contributed by atoms with Crippen molar-refractivity contribution in [2.24, 2.45) is 0 Å². The number of benzene rings is 2. The van der Waals surface area contributed by atoms with Crippen molar-refractivity contribution in [3.8, 4) is 17.0 Å². The van der Waals surface area contributed by atoms with Crippen LogP contribution in [0.25, 0.3) is 22.6 Å². The molecule has 2 aromatic heterocycles. The molecule has 6 rings (SSSR count). The molecule has 1 aliphatic carbocycles. The lowest BCUT2D eigenvalue weighted by Crippen LogP contribution is -2.38. The molecule has 3 heterocycles. The van der Waals surface area contributed by atoms with E-state index in [4.69, 9.17) is 14.1 Å². The van der Waals surface area contributed by atoms with E-state index in [2.05, 4.69) is 30.5 Å². The van der Waals surface area contributed by atoms with Crippen LogP contribution >= 0.6 is 0 Å². The Morgan fingerprint density at radius 1 is 1.05 bits per heavy atom. The van der Waals surface area contributed by atoms with Crippen LogP contribution in [-0.2, 0) is 17.7 Å². The fourth-order valence-electron chi connectivity index (χ4n) is 4.81. The molecule has 0 saturated carbocycles. The summed E-state index contributed by atoms with van der Waals surface area (Å²) >= 11 is 0. The van der Waals surface area contributed by atoms with Gasteiger partial charge >= 0.3 is 0 Å². The van der Waals surface area contributed by atoms with Gasteiger partial charge in [-0.2, -0.15) is 0 Å². The molecule has 0 amide bonds. The van der Waals surface area contributed by atoms with Gasteiger partial charge in [-0.1, -0.05) is 6.07 Å². The summed E-state index contributed by atoms with van der Waals surface area (Å²) in [6.07, 6.45) is -2.51. The molecular weight excluding hydrogens is 489 g/mol. The highest BCUT2D eigenvalue weighted by Crippen LogP contribution is 2.41. The number of aromatic nitrogens is 4. The molecule has 0 radical (unpaired) electrons. The van der Waals surface area contributed by atoms with Crippen molar-refractivity contribution in [3.05, 3.63) is 58.5 Å². The van der Waals surface area contributed by atoms with Gasteiger partial charge in [0.15, 0.2) is 0 Å². The van der Waals surface area contributed by atoms with Gasteiger partial charge in [0.25, 0.3) is 6.43 Å². The van der Waals surface area contributed by atoms with Gasteiger partial charge in [0.2, 0.25) is 11.3 Å². The van der Waals surface area contributed by atoms with Crippen LogP contribution in [0, 0.1) is 5.82 Å². The van der Waals surface area contributed by atoms with E-state index in [0.29, 0.717) is 54.7 Å². The van der Waals surface area contributed by atoms with Crippen molar-refractivity contribution in [2.45, 2.75) is 19.4 Å². The number of alkyl halides is 2. The molecule has 0 atom stereocenters. The summed E-state index contributed by atoms with van der Waals surface area (Å²) in [6.45, 7) is 4.39. The average molecular weight is 512 g/mol. The van der Waals surface area contributed by atoms with Gasteiger partial charge in [-0.05, 0) is 40.1 Å². The van der Waals surface area contributed by atoms with Gasteiger partial charge < -0.3 is 14.8 Å². The van der Waals surface area contributed by atoms with Crippen LogP contribution in [-0.4, -0.2) is 64.6 Å². The topological polar surface area (TPSA) is 98.4 Å². The Hall–Kier alpha value is -3.77. The zero-order valence-corrected chi connectivity index (χ0v) is 19.7. The standard InChI is InChI=1S/C25H23F3N6O3/c26-17-2-1-3-18(21(17)23(27)28)29-13-16-15-12-19-22(31-25-24(30-19)32-37-33-25)14(15)4-5-20(16)36-11-8-34-6-9-35-10-7-34/h1-5,23,29H,6-13H2. The molecule has 2 aliphatic rings. The lowest BCUT2D eigenvalue weighted by atomic mass is 10.0. The van der Waals surface area contributed by atoms with Gasteiger partial charge in [0.1, 0.15) is 18.2 Å². The smallest absolute Gasteiger partial charge is 0.268 e. The number of hydrogen-bond acceptors (Lipinski definition) is 9. The zero-order valence-electron chi connectivity index (χ0n) is 19.7. The number of nitrogens with zero attached hydrogens (tertiary/aromatic N) is 5. The van der Waals surface area contributed by atoms with Crippen molar-refractivity contribution < 1.29 is 27.3 Å². The molecule has 0 unspecified atom stereocenters. The van der Waals surface area contributed by atoms with Gasteiger partial charge in [-0.25, -0.2) is 27.8 Å². The fraction of sp³-hybridized carbons (Fsp3) is 0.360. The highest BCUT2D eigenvalue weighted by molar-refractivity contribution is 5.79. The Labute approximate surface area is 209 Å². The summed E-state index contributed by atoms with van der Waals surface area (Å²) in [5, 5.41) is 10.6. The minimum atomic E-state index is -2.95. The van der Waals surface area contributed by atoms with E-state index in [-0.39, 0.29) is 12.2 Å². The monoisotopic (exact) mass is 512 g/mol. The van der Waals surface area contributed by atoms with Gasteiger partial charge in [-0.3, -0.25) is 4.90 Å². The van der Waals surface area contributed by atoms with E-state index in [1.54, 1.807) is 0 Å². The molecule has 1 saturated heterocycles. The lowest BCUT2D eigenvalue weighted by Gasteiger charge is -2.26. The second kappa shape index (κ2) is 9.94. The lowest BCUT2D eigenvalue weighted by molar-refractivity contribution is 0.0322. The van der Waals surface area contributed by atoms with E-state index in [9.17, 15) is 13.2 Å². The van der Waals surface area contributed by atoms with E-state index >= 15 is 0 Å². The summed E-state index contributed by atoms with van der Waals surface area (Å²) in [5.74, 6) is -0.335. The normalized spacial score (nSPS) is 15.2. The summed E-state index contributed by atoms with van der Waals surface area (Å²) in [5.41, 5.74) is 3.90. The fourth-order valence-corrected chi connectivity index (χ4v) is 4.81. The number of halogens is 3. The summed E-state index contributed by atoms with van der Waals surface area (Å²) in [4.78, 5) is 11.4. The maximum atomic E-state index is 14.2. The molecule has 192 valence electrons. The van der Waals surface area contributed by atoms with Crippen LogP contribution < -0.4 is 10.1 Å². The highest BCUT2D eigenvalue weighted by Gasteiger charge is 2.28. The van der Waals surface area contributed by atoms with E-state index in [0.717, 1.165) is 42.4 Å². The SMILES string of the molecule is Fc1cccc(NCc2c(OCCN3CCOCC3)ccc3c2Cc2nc4nonc4nc2-3)c1C(F)F. The van der Waals surface area contributed by atoms with E-state index in [1.165, 1.54) is 12.1 Å².